The fourth-order valence-corrected chi connectivity index (χ4v) is 3.39. The topological polar surface area (TPSA) is 58.2 Å². The number of piperidine rings is 1. The molecule has 1 saturated heterocycles. The molecule has 3 rings (SSSR count). The normalized spacial score (nSPS) is 17.8. The first-order valence-corrected chi connectivity index (χ1v) is 8.49. The number of methoxy groups -OCH3 is 1. The standard InChI is InChI=1S/C19H25N3O2/c1-13-6-7-17(24-3)16(9-13)10-18(23)22-8-4-5-15(12-22)19-20-11-14(2)21-19/h6-7,9,11,15H,4-5,8,10,12H2,1-3H3,(H,20,21). The minimum Gasteiger partial charge on any atom is -0.496 e. The highest BCUT2D eigenvalue weighted by molar-refractivity contribution is 5.79. The smallest absolute Gasteiger partial charge is 0.227 e. The van der Waals surface area contributed by atoms with Crippen molar-refractivity contribution in [2.45, 2.75) is 39.0 Å². The third kappa shape index (κ3) is 3.61. The summed E-state index contributed by atoms with van der Waals surface area (Å²) in [6.45, 7) is 5.60. The number of aryl methyl sites for hydroxylation is 2. The van der Waals surface area contributed by atoms with Crippen LogP contribution in [0.3, 0.4) is 0 Å². The van der Waals surface area contributed by atoms with Gasteiger partial charge in [-0.1, -0.05) is 17.7 Å². The van der Waals surface area contributed by atoms with E-state index in [0.29, 0.717) is 12.3 Å². The van der Waals surface area contributed by atoms with Gasteiger partial charge in [-0.15, -0.1) is 0 Å². The Balaban J connectivity index is 1.70. The molecule has 1 aliphatic rings. The summed E-state index contributed by atoms with van der Waals surface area (Å²) in [5.41, 5.74) is 3.16. The molecule has 2 aromatic rings. The Morgan fingerprint density at radius 2 is 2.25 bits per heavy atom. The summed E-state index contributed by atoms with van der Waals surface area (Å²) in [4.78, 5) is 22.5. The van der Waals surface area contributed by atoms with Crippen molar-refractivity contribution in [2.75, 3.05) is 20.2 Å². The average Bonchev–Trinajstić information content (AvgIpc) is 3.02. The largest absolute Gasteiger partial charge is 0.496 e. The molecule has 1 unspecified atom stereocenters. The zero-order chi connectivity index (χ0) is 17.1. The summed E-state index contributed by atoms with van der Waals surface area (Å²) in [5, 5.41) is 0. The number of likely N-dealkylation sites (tertiary alicyclic amines) is 1. The van der Waals surface area contributed by atoms with Gasteiger partial charge < -0.3 is 14.6 Å². The number of ether oxygens (including phenoxy) is 1. The second kappa shape index (κ2) is 7.07. The highest BCUT2D eigenvalue weighted by Gasteiger charge is 2.26. The van der Waals surface area contributed by atoms with Gasteiger partial charge in [0.1, 0.15) is 11.6 Å². The van der Waals surface area contributed by atoms with Crippen LogP contribution in [-0.2, 0) is 11.2 Å². The summed E-state index contributed by atoms with van der Waals surface area (Å²) in [6, 6.07) is 5.97. The van der Waals surface area contributed by atoms with Crippen molar-refractivity contribution in [2.24, 2.45) is 0 Å². The van der Waals surface area contributed by atoms with E-state index < -0.39 is 0 Å². The fourth-order valence-electron chi connectivity index (χ4n) is 3.39. The lowest BCUT2D eigenvalue weighted by Crippen LogP contribution is -2.40. The lowest BCUT2D eigenvalue weighted by Gasteiger charge is -2.32. The molecule has 5 nitrogen and oxygen atoms in total. The molecule has 1 aliphatic heterocycles. The van der Waals surface area contributed by atoms with Crippen molar-refractivity contribution in [1.82, 2.24) is 14.9 Å². The Hall–Kier alpha value is -2.30. The summed E-state index contributed by atoms with van der Waals surface area (Å²) in [5.74, 6) is 2.24. The lowest BCUT2D eigenvalue weighted by atomic mass is 9.96. The molecule has 0 spiro atoms. The average molecular weight is 327 g/mol. The Labute approximate surface area is 143 Å². The minimum atomic E-state index is 0.159. The van der Waals surface area contributed by atoms with Crippen molar-refractivity contribution < 1.29 is 9.53 Å². The minimum absolute atomic E-state index is 0.159. The molecule has 0 bridgehead atoms. The van der Waals surface area contributed by atoms with E-state index in [2.05, 4.69) is 9.97 Å². The van der Waals surface area contributed by atoms with Crippen LogP contribution in [0.15, 0.2) is 24.4 Å². The molecule has 24 heavy (non-hydrogen) atoms. The predicted molar refractivity (Wildman–Crippen MR) is 93.3 cm³/mol. The van der Waals surface area contributed by atoms with E-state index in [1.807, 2.05) is 43.1 Å². The van der Waals surface area contributed by atoms with Gasteiger partial charge in [0.25, 0.3) is 0 Å². The SMILES string of the molecule is COc1ccc(C)cc1CC(=O)N1CCCC(c2ncc(C)[nH]2)C1. The van der Waals surface area contributed by atoms with Crippen LogP contribution in [0.5, 0.6) is 5.75 Å². The molecule has 1 aromatic carbocycles. The van der Waals surface area contributed by atoms with Crippen LogP contribution < -0.4 is 4.74 Å². The second-order valence-corrected chi connectivity index (χ2v) is 6.62. The number of amides is 1. The van der Waals surface area contributed by atoms with Crippen LogP contribution >= 0.6 is 0 Å². The number of aromatic nitrogens is 2. The summed E-state index contributed by atoms with van der Waals surface area (Å²) < 4.78 is 5.40. The second-order valence-electron chi connectivity index (χ2n) is 6.62. The van der Waals surface area contributed by atoms with E-state index >= 15 is 0 Å². The number of rotatable bonds is 4. The van der Waals surface area contributed by atoms with Gasteiger partial charge in [0.2, 0.25) is 5.91 Å². The summed E-state index contributed by atoms with van der Waals surface area (Å²) in [7, 11) is 1.65. The van der Waals surface area contributed by atoms with Crippen LogP contribution in [0.4, 0.5) is 0 Å². The van der Waals surface area contributed by atoms with E-state index in [-0.39, 0.29) is 5.91 Å². The van der Waals surface area contributed by atoms with Crippen LogP contribution in [0.2, 0.25) is 0 Å². The molecule has 2 heterocycles. The number of H-pyrrole nitrogens is 1. The first-order chi connectivity index (χ1) is 11.6. The number of carbonyl (C=O) groups excluding carboxylic acids is 1. The molecule has 5 heteroatoms. The van der Waals surface area contributed by atoms with Crippen molar-refractivity contribution >= 4 is 5.91 Å². The number of hydrogen-bond acceptors (Lipinski definition) is 3. The predicted octanol–water partition coefficient (Wildman–Crippen LogP) is 2.98. The molecule has 1 atom stereocenters. The monoisotopic (exact) mass is 327 g/mol. The van der Waals surface area contributed by atoms with E-state index in [1.165, 1.54) is 0 Å². The molecule has 1 N–H and O–H groups in total. The van der Waals surface area contributed by atoms with Crippen LogP contribution in [0.1, 0.15) is 41.4 Å². The first-order valence-electron chi connectivity index (χ1n) is 8.49. The molecule has 1 aromatic heterocycles. The highest BCUT2D eigenvalue weighted by atomic mass is 16.5. The number of imidazole rings is 1. The molecular weight excluding hydrogens is 302 g/mol. The molecule has 1 amide bonds. The van der Waals surface area contributed by atoms with Crippen LogP contribution in [0.25, 0.3) is 0 Å². The third-order valence-electron chi connectivity index (χ3n) is 4.66. The van der Waals surface area contributed by atoms with Gasteiger partial charge in [-0.3, -0.25) is 4.79 Å². The molecular formula is C19H25N3O2. The Kier molecular flexibility index (Phi) is 4.88. The number of benzene rings is 1. The van der Waals surface area contributed by atoms with E-state index in [1.54, 1.807) is 7.11 Å². The first kappa shape index (κ1) is 16.6. The summed E-state index contributed by atoms with van der Waals surface area (Å²) in [6.07, 6.45) is 4.33. The van der Waals surface area contributed by atoms with Gasteiger partial charge in [-0.25, -0.2) is 4.98 Å². The van der Waals surface area contributed by atoms with Crippen molar-refractivity contribution in [3.8, 4) is 5.75 Å². The van der Waals surface area contributed by atoms with Gasteiger partial charge in [0.05, 0.1) is 13.5 Å². The van der Waals surface area contributed by atoms with Gasteiger partial charge in [-0.05, 0) is 32.8 Å². The fraction of sp³-hybridized carbons (Fsp3) is 0.474. The maximum absolute atomic E-state index is 12.8. The quantitative estimate of drug-likeness (QED) is 0.939. The third-order valence-corrected chi connectivity index (χ3v) is 4.66. The number of nitrogens with one attached hydrogen (secondary N) is 1. The van der Waals surface area contributed by atoms with Crippen molar-refractivity contribution in [3.63, 3.8) is 0 Å². The molecule has 128 valence electrons. The maximum Gasteiger partial charge on any atom is 0.227 e. The number of aromatic amines is 1. The zero-order valence-corrected chi connectivity index (χ0v) is 14.6. The molecule has 1 fully saturated rings. The number of hydrogen-bond donors (Lipinski definition) is 1. The number of carbonyl (C=O) groups is 1. The van der Waals surface area contributed by atoms with Crippen molar-refractivity contribution in [3.05, 3.63) is 47.0 Å². The Morgan fingerprint density at radius 3 is 2.96 bits per heavy atom. The Morgan fingerprint density at radius 1 is 1.42 bits per heavy atom. The number of nitrogens with zero attached hydrogens (tertiary/aromatic N) is 2. The maximum atomic E-state index is 12.8. The van der Waals surface area contributed by atoms with Crippen LogP contribution in [0, 0.1) is 13.8 Å². The van der Waals surface area contributed by atoms with Gasteiger partial charge >= 0.3 is 0 Å². The molecule has 0 aliphatic carbocycles. The highest BCUT2D eigenvalue weighted by Crippen LogP contribution is 2.26. The molecule has 0 radical (unpaired) electrons. The van der Waals surface area contributed by atoms with E-state index in [0.717, 1.165) is 54.3 Å². The van der Waals surface area contributed by atoms with Crippen LogP contribution in [-0.4, -0.2) is 41.0 Å². The zero-order valence-electron chi connectivity index (χ0n) is 14.6. The lowest BCUT2D eigenvalue weighted by molar-refractivity contribution is -0.131. The Bertz CT molecular complexity index is 723. The van der Waals surface area contributed by atoms with Crippen molar-refractivity contribution in [1.29, 1.82) is 0 Å². The summed E-state index contributed by atoms with van der Waals surface area (Å²) >= 11 is 0. The molecule has 0 saturated carbocycles. The van der Waals surface area contributed by atoms with Gasteiger partial charge in [0.15, 0.2) is 0 Å². The van der Waals surface area contributed by atoms with E-state index in [4.69, 9.17) is 4.74 Å². The van der Waals surface area contributed by atoms with E-state index in [9.17, 15) is 4.79 Å². The van der Waals surface area contributed by atoms with Gasteiger partial charge in [0, 0.05) is 36.5 Å². The van der Waals surface area contributed by atoms with Gasteiger partial charge in [-0.2, -0.15) is 0 Å².